The fraction of sp³-hybridized carbons (Fsp3) is 0.200. The van der Waals surface area contributed by atoms with Gasteiger partial charge in [-0.3, -0.25) is 13.9 Å². The Bertz CT molecular complexity index is 1340. The highest BCUT2D eigenvalue weighted by Gasteiger charge is 2.32. The highest BCUT2D eigenvalue weighted by molar-refractivity contribution is 9.10. The number of nitrogens with zero attached hydrogens (tertiary/aromatic N) is 2. The van der Waals surface area contributed by atoms with Gasteiger partial charge in [0.1, 0.15) is 12.6 Å². The molecule has 0 spiro atoms. The van der Waals surface area contributed by atoms with Crippen LogP contribution in [0.15, 0.2) is 82.2 Å². The van der Waals surface area contributed by atoms with Crippen LogP contribution in [0, 0.1) is 0 Å². The van der Waals surface area contributed by atoms with Crippen molar-refractivity contribution in [3.8, 4) is 0 Å². The zero-order valence-corrected chi connectivity index (χ0v) is 23.4. The van der Waals surface area contributed by atoms with Crippen LogP contribution < -0.4 is 9.62 Å². The third-order valence-electron chi connectivity index (χ3n) is 5.40. The minimum absolute atomic E-state index is 0.00760. The van der Waals surface area contributed by atoms with Gasteiger partial charge in [0.2, 0.25) is 11.8 Å². The lowest BCUT2D eigenvalue weighted by molar-refractivity contribution is -0.139. The van der Waals surface area contributed by atoms with E-state index in [1.807, 2.05) is 24.3 Å². The number of sulfonamides is 1. The molecule has 11 heteroatoms. The molecule has 0 aliphatic rings. The van der Waals surface area contributed by atoms with Crippen LogP contribution in [-0.4, -0.2) is 44.8 Å². The Balaban J connectivity index is 2.06. The average molecular weight is 613 g/mol. The normalized spacial score (nSPS) is 12.0. The van der Waals surface area contributed by atoms with Crippen molar-refractivity contribution in [2.24, 2.45) is 0 Å². The van der Waals surface area contributed by atoms with Crippen LogP contribution in [0.1, 0.15) is 12.5 Å². The van der Waals surface area contributed by atoms with E-state index in [0.29, 0.717) is 0 Å². The summed E-state index contributed by atoms with van der Waals surface area (Å²) in [6.07, 6.45) is 0. The second-order valence-electron chi connectivity index (χ2n) is 7.89. The Morgan fingerprint density at radius 3 is 2.19 bits per heavy atom. The Kier molecular flexibility index (Phi) is 9.41. The number of carbonyl (C=O) groups is 2. The summed E-state index contributed by atoms with van der Waals surface area (Å²) in [4.78, 5) is 27.5. The van der Waals surface area contributed by atoms with Crippen LogP contribution in [0.5, 0.6) is 0 Å². The van der Waals surface area contributed by atoms with E-state index in [4.69, 9.17) is 23.2 Å². The van der Waals surface area contributed by atoms with Crippen molar-refractivity contribution in [3.63, 3.8) is 0 Å². The lowest BCUT2D eigenvalue weighted by atomic mass is 10.1. The minimum Gasteiger partial charge on any atom is -0.357 e. The molecular formula is C25H24BrCl2N3O4S. The first-order chi connectivity index (χ1) is 17.0. The van der Waals surface area contributed by atoms with Gasteiger partial charge in [0.15, 0.2) is 0 Å². The van der Waals surface area contributed by atoms with Gasteiger partial charge in [-0.25, -0.2) is 8.42 Å². The van der Waals surface area contributed by atoms with Crippen LogP contribution >= 0.6 is 39.1 Å². The number of benzene rings is 3. The van der Waals surface area contributed by atoms with E-state index >= 15 is 0 Å². The number of hydrogen-bond acceptors (Lipinski definition) is 4. The van der Waals surface area contributed by atoms with Crippen molar-refractivity contribution in [2.75, 3.05) is 17.9 Å². The van der Waals surface area contributed by atoms with Crippen molar-refractivity contribution < 1.29 is 18.0 Å². The topological polar surface area (TPSA) is 86.8 Å². The number of carbonyl (C=O) groups excluding carboxylic acids is 2. The molecule has 0 fully saturated rings. The molecule has 3 aromatic carbocycles. The summed E-state index contributed by atoms with van der Waals surface area (Å²) in [5, 5.41) is 2.97. The second-order valence-corrected chi connectivity index (χ2v) is 11.5. The first-order valence-electron chi connectivity index (χ1n) is 10.8. The van der Waals surface area contributed by atoms with Crippen molar-refractivity contribution in [1.29, 1.82) is 0 Å². The van der Waals surface area contributed by atoms with E-state index in [0.717, 1.165) is 14.3 Å². The molecule has 0 heterocycles. The summed E-state index contributed by atoms with van der Waals surface area (Å²) in [6, 6.07) is 18.5. The summed E-state index contributed by atoms with van der Waals surface area (Å²) >= 11 is 15.7. The maximum atomic E-state index is 13.7. The Morgan fingerprint density at radius 2 is 1.61 bits per heavy atom. The lowest BCUT2D eigenvalue weighted by Gasteiger charge is -2.32. The van der Waals surface area contributed by atoms with Gasteiger partial charge in [0, 0.05) is 28.1 Å². The monoisotopic (exact) mass is 611 g/mol. The van der Waals surface area contributed by atoms with Gasteiger partial charge in [-0.2, -0.15) is 0 Å². The van der Waals surface area contributed by atoms with Gasteiger partial charge < -0.3 is 10.2 Å². The summed E-state index contributed by atoms with van der Waals surface area (Å²) < 4.78 is 29.1. The number of anilines is 1. The number of likely N-dealkylation sites (N-methyl/N-ethyl adjacent to an activating group) is 1. The zero-order valence-electron chi connectivity index (χ0n) is 19.5. The fourth-order valence-electron chi connectivity index (χ4n) is 3.56. The molecule has 0 aromatic heterocycles. The summed E-state index contributed by atoms with van der Waals surface area (Å²) in [6.45, 7) is 1.09. The van der Waals surface area contributed by atoms with Gasteiger partial charge in [-0.1, -0.05) is 69.5 Å². The van der Waals surface area contributed by atoms with Crippen molar-refractivity contribution >= 4 is 66.7 Å². The summed E-state index contributed by atoms with van der Waals surface area (Å²) in [5.74, 6) is -0.969. The molecule has 0 bridgehead atoms. The fourth-order valence-corrected chi connectivity index (χ4v) is 5.94. The maximum absolute atomic E-state index is 13.7. The van der Waals surface area contributed by atoms with E-state index in [-0.39, 0.29) is 33.1 Å². The van der Waals surface area contributed by atoms with Crippen LogP contribution in [0.4, 0.5) is 5.69 Å². The lowest BCUT2D eigenvalue weighted by Crippen LogP contribution is -2.50. The third-order valence-corrected chi connectivity index (χ3v) is 8.12. The van der Waals surface area contributed by atoms with Gasteiger partial charge in [-0.15, -0.1) is 0 Å². The molecule has 2 amide bonds. The Hall–Kier alpha value is -2.59. The predicted molar refractivity (Wildman–Crippen MR) is 146 cm³/mol. The molecule has 190 valence electrons. The molecule has 0 aliphatic carbocycles. The summed E-state index contributed by atoms with van der Waals surface area (Å²) in [5.41, 5.74) is 0.886. The largest absolute Gasteiger partial charge is 0.357 e. The second kappa shape index (κ2) is 12.1. The molecule has 0 saturated carbocycles. The number of rotatable bonds is 9. The van der Waals surface area contributed by atoms with Gasteiger partial charge in [0.25, 0.3) is 10.0 Å². The number of nitrogens with one attached hydrogen (secondary N) is 1. The third kappa shape index (κ3) is 6.79. The van der Waals surface area contributed by atoms with Crippen LogP contribution in [0.2, 0.25) is 10.0 Å². The Labute approximate surface area is 229 Å². The van der Waals surface area contributed by atoms with Crippen molar-refractivity contribution in [2.45, 2.75) is 24.4 Å². The van der Waals surface area contributed by atoms with Gasteiger partial charge in [-0.05, 0) is 55.0 Å². The SMILES string of the molecule is CNC(=O)[C@@H](C)N(Cc1cccc(Br)c1)C(=O)CN(c1cc(Cl)cc(Cl)c1)S(=O)(=O)c1ccccc1. The maximum Gasteiger partial charge on any atom is 0.264 e. The van der Waals surface area contributed by atoms with E-state index in [1.54, 1.807) is 25.1 Å². The standard InChI is InChI=1S/C25H24BrCl2N3O4S/c1-17(25(33)29-2)30(15-18-7-6-8-19(26)11-18)24(32)16-31(22-13-20(27)12-21(28)14-22)36(34,35)23-9-4-3-5-10-23/h3-14,17H,15-16H2,1-2H3,(H,29,33)/t17-/m1/s1. The molecule has 3 aromatic rings. The first kappa shape index (κ1) is 28.0. The number of halogens is 3. The van der Waals surface area contributed by atoms with Gasteiger partial charge >= 0.3 is 0 Å². The minimum atomic E-state index is -4.19. The molecular weight excluding hydrogens is 589 g/mol. The molecule has 0 unspecified atom stereocenters. The van der Waals surface area contributed by atoms with Crippen LogP contribution in [0.25, 0.3) is 0 Å². The molecule has 0 aliphatic heterocycles. The van der Waals surface area contributed by atoms with Crippen LogP contribution in [-0.2, 0) is 26.2 Å². The number of hydrogen-bond donors (Lipinski definition) is 1. The van der Waals surface area contributed by atoms with E-state index in [1.165, 1.54) is 42.3 Å². The van der Waals surface area contributed by atoms with Crippen LogP contribution in [0.3, 0.4) is 0 Å². The van der Waals surface area contributed by atoms with Gasteiger partial charge in [0.05, 0.1) is 10.6 Å². The molecule has 7 nitrogen and oxygen atoms in total. The molecule has 36 heavy (non-hydrogen) atoms. The molecule has 1 N–H and O–H groups in total. The molecule has 0 radical (unpaired) electrons. The van der Waals surface area contributed by atoms with E-state index in [2.05, 4.69) is 21.2 Å². The Morgan fingerprint density at radius 1 is 0.972 bits per heavy atom. The molecule has 0 saturated heterocycles. The zero-order chi connectivity index (χ0) is 26.5. The molecule has 1 atom stereocenters. The number of amides is 2. The van der Waals surface area contributed by atoms with Crippen molar-refractivity contribution in [3.05, 3.63) is 92.9 Å². The quantitative estimate of drug-likeness (QED) is 0.364. The predicted octanol–water partition coefficient (Wildman–Crippen LogP) is 5.11. The van der Waals surface area contributed by atoms with E-state index < -0.39 is 28.5 Å². The highest BCUT2D eigenvalue weighted by Crippen LogP contribution is 2.30. The van der Waals surface area contributed by atoms with Crippen molar-refractivity contribution in [1.82, 2.24) is 10.2 Å². The van der Waals surface area contributed by atoms with E-state index in [9.17, 15) is 18.0 Å². The summed E-state index contributed by atoms with van der Waals surface area (Å²) in [7, 11) is -2.71. The highest BCUT2D eigenvalue weighted by atomic mass is 79.9. The first-order valence-corrected chi connectivity index (χ1v) is 13.8. The molecule has 3 rings (SSSR count). The average Bonchev–Trinajstić information content (AvgIpc) is 2.84. The smallest absolute Gasteiger partial charge is 0.264 e.